The van der Waals surface area contributed by atoms with Crippen LogP contribution in [-0.4, -0.2) is 44.8 Å². The minimum Gasteiger partial charge on any atom is -0.353 e. The van der Waals surface area contributed by atoms with Gasteiger partial charge in [-0.1, -0.05) is 16.8 Å². The third-order valence-electron chi connectivity index (χ3n) is 4.04. The van der Waals surface area contributed by atoms with Crippen molar-refractivity contribution in [1.82, 2.24) is 30.6 Å². The monoisotopic (exact) mass is 528 g/mol. The van der Waals surface area contributed by atoms with Crippen LogP contribution in [0.2, 0.25) is 5.02 Å². The highest BCUT2D eigenvalue weighted by Gasteiger charge is 2.16. The second-order valence-electron chi connectivity index (χ2n) is 6.18. The van der Waals surface area contributed by atoms with Gasteiger partial charge in [-0.05, 0) is 60.7 Å². The predicted octanol–water partition coefficient (Wildman–Crippen LogP) is 2.35. The molecule has 2 heterocycles. The van der Waals surface area contributed by atoms with Gasteiger partial charge in [-0.15, -0.1) is 0 Å². The highest BCUT2D eigenvalue weighted by atomic mass is 127. The molecule has 0 aliphatic carbocycles. The fourth-order valence-electron chi connectivity index (χ4n) is 2.51. The number of hydrogen-bond acceptors (Lipinski definition) is 6. The second kappa shape index (κ2) is 9.35. The molecule has 2 amide bonds. The summed E-state index contributed by atoms with van der Waals surface area (Å²) in [5.74, 6) is -0.567. The van der Waals surface area contributed by atoms with E-state index in [1.54, 1.807) is 28.9 Å². The van der Waals surface area contributed by atoms with Crippen molar-refractivity contribution in [3.8, 4) is 11.4 Å². The van der Waals surface area contributed by atoms with E-state index >= 15 is 0 Å². The number of benzene rings is 1. The number of carbonyl (C=O) groups excluding carboxylic acids is 2. The molecule has 11 heteroatoms. The van der Waals surface area contributed by atoms with Gasteiger partial charge in [0.2, 0.25) is 11.7 Å². The van der Waals surface area contributed by atoms with Crippen LogP contribution in [0.4, 0.5) is 0 Å². The molecule has 0 aliphatic heterocycles. The zero-order chi connectivity index (χ0) is 21.0. The number of aromatic nitrogens is 4. The second-order valence-corrected chi connectivity index (χ2v) is 7.69. The van der Waals surface area contributed by atoms with E-state index in [0.29, 0.717) is 16.4 Å². The Morgan fingerprint density at radius 3 is 2.52 bits per heavy atom. The summed E-state index contributed by atoms with van der Waals surface area (Å²) in [5, 5.41) is 14.1. The lowest BCUT2D eigenvalue weighted by Gasteiger charge is -2.07. The molecule has 0 saturated carbocycles. The largest absolute Gasteiger partial charge is 0.353 e. The number of halogens is 2. The van der Waals surface area contributed by atoms with Crippen molar-refractivity contribution >= 4 is 46.0 Å². The van der Waals surface area contributed by atoms with Crippen LogP contribution in [0.5, 0.6) is 0 Å². The van der Waals surface area contributed by atoms with E-state index in [9.17, 15) is 9.59 Å². The minimum absolute atomic E-state index is 0.123. The summed E-state index contributed by atoms with van der Waals surface area (Å²) in [4.78, 5) is 28.2. The summed E-state index contributed by atoms with van der Waals surface area (Å²) >= 11 is 8.05. The number of nitrogens with one attached hydrogen (secondary N) is 2. The van der Waals surface area contributed by atoms with Crippen molar-refractivity contribution in [3.63, 3.8) is 0 Å². The Bertz CT molecular complexity index is 1030. The van der Waals surface area contributed by atoms with Crippen molar-refractivity contribution < 1.29 is 14.1 Å². The Labute approximate surface area is 185 Å². The highest BCUT2D eigenvalue weighted by molar-refractivity contribution is 14.1. The van der Waals surface area contributed by atoms with Gasteiger partial charge in [0.1, 0.15) is 6.54 Å². The van der Waals surface area contributed by atoms with Crippen molar-refractivity contribution in [2.75, 3.05) is 13.1 Å². The molecule has 152 valence electrons. The van der Waals surface area contributed by atoms with Gasteiger partial charge in [-0.25, -0.2) is 0 Å². The summed E-state index contributed by atoms with van der Waals surface area (Å²) in [6, 6.07) is 6.85. The third kappa shape index (κ3) is 5.32. The van der Waals surface area contributed by atoms with Gasteiger partial charge >= 0.3 is 11.8 Å². The Morgan fingerprint density at radius 1 is 1.17 bits per heavy atom. The topological polar surface area (TPSA) is 115 Å². The lowest BCUT2D eigenvalue weighted by atomic mass is 10.2. The maximum Gasteiger partial charge on any atom is 0.316 e. The van der Waals surface area contributed by atoms with E-state index in [2.05, 4.69) is 48.5 Å². The maximum atomic E-state index is 12.1. The zero-order valence-electron chi connectivity index (χ0n) is 15.7. The van der Waals surface area contributed by atoms with Gasteiger partial charge < -0.3 is 15.2 Å². The Kier molecular flexibility index (Phi) is 6.85. The van der Waals surface area contributed by atoms with E-state index in [4.69, 9.17) is 16.1 Å². The van der Waals surface area contributed by atoms with Crippen LogP contribution >= 0.6 is 34.2 Å². The van der Waals surface area contributed by atoms with Crippen LogP contribution in [0, 0.1) is 17.4 Å². The molecule has 0 fully saturated rings. The zero-order valence-corrected chi connectivity index (χ0v) is 18.6. The average Bonchev–Trinajstić information content (AvgIpc) is 3.28. The summed E-state index contributed by atoms with van der Waals surface area (Å²) in [6.07, 6.45) is 0. The van der Waals surface area contributed by atoms with E-state index in [0.717, 1.165) is 15.0 Å². The quantitative estimate of drug-likeness (QED) is 0.359. The Morgan fingerprint density at radius 2 is 1.86 bits per heavy atom. The van der Waals surface area contributed by atoms with Crippen LogP contribution in [0.15, 0.2) is 28.8 Å². The number of carbonyl (C=O) groups is 2. The molecule has 0 spiro atoms. The molecule has 0 unspecified atom stereocenters. The molecule has 29 heavy (non-hydrogen) atoms. The van der Waals surface area contributed by atoms with E-state index in [1.807, 2.05) is 13.8 Å². The van der Waals surface area contributed by atoms with E-state index < -0.39 is 5.91 Å². The number of amides is 2. The van der Waals surface area contributed by atoms with Crippen molar-refractivity contribution in [2.45, 2.75) is 20.4 Å². The molecule has 3 rings (SSSR count). The summed E-state index contributed by atoms with van der Waals surface area (Å²) < 4.78 is 7.69. The molecule has 0 bridgehead atoms. The smallest absolute Gasteiger partial charge is 0.316 e. The number of rotatable bonds is 7. The predicted molar refractivity (Wildman–Crippen MR) is 115 cm³/mol. The fourth-order valence-corrected chi connectivity index (χ4v) is 3.02. The maximum absolute atomic E-state index is 12.1. The first kappa shape index (κ1) is 21.2. The Hall–Kier alpha value is -2.47. The number of hydrogen-bond donors (Lipinski definition) is 2. The minimum atomic E-state index is -0.514. The van der Waals surface area contributed by atoms with Gasteiger partial charge in [0, 0.05) is 29.4 Å². The third-order valence-corrected chi connectivity index (χ3v) is 5.86. The van der Waals surface area contributed by atoms with Gasteiger partial charge in [0.25, 0.3) is 0 Å². The molecule has 3 aromatic rings. The van der Waals surface area contributed by atoms with Crippen molar-refractivity contribution in [2.24, 2.45) is 0 Å². The standard InChI is InChI=1S/C18H18ClIN6O3/c1-10-15(20)11(2)26(24-10)9-14(27)21-7-8-22-17(28)18-23-16(25-29-18)12-3-5-13(19)6-4-12/h3-6H,7-9H2,1-2H3,(H,21,27)(H,22,28). The molecule has 0 saturated heterocycles. The lowest BCUT2D eigenvalue weighted by Crippen LogP contribution is -2.36. The molecular weight excluding hydrogens is 511 g/mol. The summed E-state index contributed by atoms with van der Waals surface area (Å²) in [6.45, 7) is 4.42. The van der Waals surface area contributed by atoms with Crippen LogP contribution < -0.4 is 10.6 Å². The highest BCUT2D eigenvalue weighted by Crippen LogP contribution is 2.18. The van der Waals surface area contributed by atoms with E-state index in [1.165, 1.54) is 0 Å². The fraction of sp³-hybridized carbons (Fsp3) is 0.278. The van der Waals surface area contributed by atoms with Crippen LogP contribution in [-0.2, 0) is 11.3 Å². The SMILES string of the molecule is Cc1nn(CC(=O)NCCNC(=O)c2nc(-c3ccc(Cl)cc3)no2)c(C)c1I. The number of aryl methyl sites for hydroxylation is 1. The van der Waals surface area contributed by atoms with Gasteiger partial charge in [0.15, 0.2) is 0 Å². The molecule has 1 aromatic carbocycles. The first-order valence-electron chi connectivity index (χ1n) is 8.69. The first-order valence-corrected chi connectivity index (χ1v) is 10.1. The first-order chi connectivity index (χ1) is 13.8. The molecular formula is C18H18ClIN6O3. The van der Waals surface area contributed by atoms with Crippen molar-refractivity contribution in [3.05, 3.63) is 50.1 Å². The van der Waals surface area contributed by atoms with Gasteiger partial charge in [-0.2, -0.15) is 10.1 Å². The molecule has 9 nitrogen and oxygen atoms in total. The van der Waals surface area contributed by atoms with Crippen LogP contribution in [0.1, 0.15) is 22.1 Å². The molecule has 0 aliphatic rings. The normalized spacial score (nSPS) is 10.8. The number of nitrogens with zero attached hydrogens (tertiary/aromatic N) is 4. The Balaban J connectivity index is 1.44. The van der Waals surface area contributed by atoms with E-state index in [-0.39, 0.29) is 31.4 Å². The molecule has 0 radical (unpaired) electrons. The van der Waals surface area contributed by atoms with Crippen LogP contribution in [0.25, 0.3) is 11.4 Å². The molecule has 2 N–H and O–H groups in total. The summed E-state index contributed by atoms with van der Waals surface area (Å²) in [5.41, 5.74) is 2.52. The average molecular weight is 529 g/mol. The van der Waals surface area contributed by atoms with Crippen LogP contribution in [0.3, 0.4) is 0 Å². The van der Waals surface area contributed by atoms with Gasteiger partial charge in [-0.3, -0.25) is 14.3 Å². The van der Waals surface area contributed by atoms with Gasteiger partial charge in [0.05, 0.1) is 9.26 Å². The lowest BCUT2D eigenvalue weighted by molar-refractivity contribution is -0.121. The molecule has 2 aromatic heterocycles. The summed E-state index contributed by atoms with van der Waals surface area (Å²) in [7, 11) is 0. The van der Waals surface area contributed by atoms with Crippen molar-refractivity contribution in [1.29, 1.82) is 0 Å². The molecule has 0 atom stereocenters.